The minimum Gasteiger partial charge on any atom is -0.449 e. The highest BCUT2D eigenvalue weighted by molar-refractivity contribution is 5.98. The minimum absolute atomic E-state index is 0.0233. The maximum absolute atomic E-state index is 12.6. The second-order valence-electron chi connectivity index (χ2n) is 9.19. The van der Waals surface area contributed by atoms with Crippen LogP contribution in [0.1, 0.15) is 52.2 Å². The number of anilines is 2. The maximum atomic E-state index is 12.6. The number of urea groups is 1. The number of benzene rings is 2. The van der Waals surface area contributed by atoms with Gasteiger partial charge in [-0.1, -0.05) is 52.0 Å². The SMILES string of the molecule is CCOC(=O)N(C)C(=O)Nc1ccc(Cc2ccc(NC(=O)C(C)(C)CC(C)C)cc2)cc1. The third-order valence-corrected chi connectivity index (χ3v) is 5.20. The molecule has 0 fully saturated rings. The number of hydrogen-bond acceptors (Lipinski definition) is 4. The van der Waals surface area contributed by atoms with Crippen LogP contribution in [0.3, 0.4) is 0 Å². The summed E-state index contributed by atoms with van der Waals surface area (Å²) >= 11 is 0. The summed E-state index contributed by atoms with van der Waals surface area (Å²) in [5.74, 6) is 0.474. The largest absolute Gasteiger partial charge is 0.449 e. The Balaban J connectivity index is 1.93. The normalized spacial score (nSPS) is 11.1. The van der Waals surface area contributed by atoms with Crippen LogP contribution in [0.2, 0.25) is 0 Å². The van der Waals surface area contributed by atoms with E-state index in [4.69, 9.17) is 4.74 Å². The summed E-state index contributed by atoms with van der Waals surface area (Å²) in [4.78, 5) is 37.2. The number of rotatable bonds is 8. The Labute approximate surface area is 196 Å². The van der Waals surface area contributed by atoms with E-state index in [9.17, 15) is 14.4 Å². The molecule has 2 N–H and O–H groups in total. The number of nitrogens with one attached hydrogen (secondary N) is 2. The van der Waals surface area contributed by atoms with Crippen molar-refractivity contribution in [3.05, 3.63) is 59.7 Å². The van der Waals surface area contributed by atoms with Gasteiger partial charge in [0.2, 0.25) is 5.91 Å². The summed E-state index contributed by atoms with van der Waals surface area (Å²) in [6.45, 7) is 10.1. The van der Waals surface area contributed by atoms with Gasteiger partial charge in [0.05, 0.1) is 6.61 Å². The molecule has 4 amide bonds. The first-order valence-corrected chi connectivity index (χ1v) is 11.2. The van der Waals surface area contributed by atoms with Crippen molar-refractivity contribution in [1.29, 1.82) is 0 Å². The summed E-state index contributed by atoms with van der Waals surface area (Å²) in [6.07, 6.45) is 0.839. The molecule has 0 unspecified atom stereocenters. The van der Waals surface area contributed by atoms with Gasteiger partial charge in [0.25, 0.3) is 0 Å². The number of nitrogens with zero attached hydrogens (tertiary/aromatic N) is 1. The van der Waals surface area contributed by atoms with Crippen molar-refractivity contribution < 1.29 is 19.1 Å². The van der Waals surface area contributed by atoms with Crippen molar-refractivity contribution in [2.75, 3.05) is 24.3 Å². The van der Waals surface area contributed by atoms with E-state index in [2.05, 4.69) is 24.5 Å². The topological polar surface area (TPSA) is 87.7 Å². The molecule has 0 spiro atoms. The molecule has 0 atom stereocenters. The van der Waals surface area contributed by atoms with Gasteiger partial charge in [0, 0.05) is 23.8 Å². The minimum atomic E-state index is -0.699. The molecule has 0 heterocycles. The van der Waals surface area contributed by atoms with E-state index in [1.165, 1.54) is 7.05 Å². The van der Waals surface area contributed by atoms with E-state index in [-0.39, 0.29) is 12.5 Å². The molecule has 2 aromatic carbocycles. The predicted octanol–water partition coefficient (Wildman–Crippen LogP) is 5.91. The number of hydrogen-bond donors (Lipinski definition) is 2. The molecule has 0 radical (unpaired) electrons. The average molecular weight is 454 g/mol. The molecule has 0 aliphatic heterocycles. The van der Waals surface area contributed by atoms with Crippen LogP contribution in [0.5, 0.6) is 0 Å². The van der Waals surface area contributed by atoms with Crippen LogP contribution in [0, 0.1) is 11.3 Å². The summed E-state index contributed by atoms with van der Waals surface area (Å²) in [7, 11) is 1.36. The fourth-order valence-corrected chi connectivity index (χ4v) is 3.57. The van der Waals surface area contributed by atoms with Crippen molar-refractivity contribution >= 4 is 29.4 Å². The molecule has 0 saturated carbocycles. The van der Waals surface area contributed by atoms with Gasteiger partial charge in [-0.25, -0.2) is 14.5 Å². The van der Waals surface area contributed by atoms with Gasteiger partial charge >= 0.3 is 12.1 Å². The van der Waals surface area contributed by atoms with Gasteiger partial charge in [-0.15, -0.1) is 0 Å². The number of carbonyl (C=O) groups is 3. The third kappa shape index (κ3) is 7.93. The Morgan fingerprint density at radius 1 is 0.909 bits per heavy atom. The van der Waals surface area contributed by atoms with Crippen molar-refractivity contribution in [3.63, 3.8) is 0 Å². The van der Waals surface area contributed by atoms with Crippen molar-refractivity contribution in [2.45, 2.75) is 47.5 Å². The second-order valence-corrected chi connectivity index (χ2v) is 9.19. The van der Waals surface area contributed by atoms with Crippen molar-refractivity contribution in [3.8, 4) is 0 Å². The maximum Gasteiger partial charge on any atom is 0.417 e. The van der Waals surface area contributed by atoms with Crippen molar-refractivity contribution in [1.82, 2.24) is 4.90 Å². The monoisotopic (exact) mass is 453 g/mol. The highest BCUT2D eigenvalue weighted by Crippen LogP contribution is 2.27. The van der Waals surface area contributed by atoms with E-state index in [0.717, 1.165) is 28.1 Å². The zero-order chi connectivity index (χ0) is 24.6. The zero-order valence-corrected chi connectivity index (χ0v) is 20.4. The standard InChI is InChI=1S/C26H35N3O4/c1-7-33-25(32)29(6)24(31)28-22-14-10-20(11-15-22)16-19-8-12-21(13-9-19)27-23(30)26(4,5)17-18(2)3/h8-15,18H,7,16-17H2,1-6H3,(H,27,30)(H,28,31). The van der Waals surface area contributed by atoms with Crippen LogP contribution in [0.4, 0.5) is 21.0 Å². The Hall–Kier alpha value is -3.35. The molecule has 2 rings (SSSR count). The van der Waals surface area contributed by atoms with Gasteiger partial charge in [0.15, 0.2) is 0 Å². The lowest BCUT2D eigenvalue weighted by atomic mass is 9.83. The smallest absolute Gasteiger partial charge is 0.417 e. The third-order valence-electron chi connectivity index (χ3n) is 5.20. The first-order chi connectivity index (χ1) is 15.5. The van der Waals surface area contributed by atoms with Gasteiger partial charge in [-0.3, -0.25) is 4.79 Å². The first kappa shape index (κ1) is 25.9. The average Bonchev–Trinajstić information content (AvgIpc) is 2.75. The van der Waals surface area contributed by atoms with Crippen LogP contribution in [-0.2, 0) is 16.0 Å². The van der Waals surface area contributed by atoms with Gasteiger partial charge in [-0.2, -0.15) is 0 Å². The van der Waals surface area contributed by atoms with E-state index in [1.807, 2.05) is 50.2 Å². The fourth-order valence-electron chi connectivity index (χ4n) is 3.57. The summed E-state index contributed by atoms with van der Waals surface area (Å²) in [6, 6.07) is 14.7. The molecule has 0 bridgehead atoms. The highest BCUT2D eigenvalue weighted by atomic mass is 16.6. The molecular formula is C26H35N3O4. The first-order valence-electron chi connectivity index (χ1n) is 11.2. The van der Waals surface area contributed by atoms with E-state index >= 15 is 0 Å². The highest BCUT2D eigenvalue weighted by Gasteiger charge is 2.28. The lowest BCUT2D eigenvalue weighted by Gasteiger charge is -2.25. The van der Waals surface area contributed by atoms with E-state index in [1.54, 1.807) is 19.1 Å². The lowest BCUT2D eigenvalue weighted by Crippen LogP contribution is -2.37. The molecule has 33 heavy (non-hydrogen) atoms. The van der Waals surface area contributed by atoms with E-state index < -0.39 is 17.5 Å². The second kappa shape index (κ2) is 11.5. The Morgan fingerprint density at radius 3 is 1.85 bits per heavy atom. The molecule has 0 saturated heterocycles. The Bertz CT molecular complexity index is 951. The Kier molecular flexibility index (Phi) is 9.02. The van der Waals surface area contributed by atoms with E-state index in [0.29, 0.717) is 18.0 Å². The van der Waals surface area contributed by atoms with Crippen LogP contribution in [0.25, 0.3) is 0 Å². The number of ether oxygens (including phenoxy) is 1. The number of imide groups is 1. The molecular weight excluding hydrogens is 418 g/mol. The van der Waals surface area contributed by atoms with Gasteiger partial charge in [0.1, 0.15) is 0 Å². The molecule has 7 nitrogen and oxygen atoms in total. The summed E-state index contributed by atoms with van der Waals surface area (Å²) < 4.78 is 4.81. The molecule has 0 aliphatic carbocycles. The van der Waals surface area contributed by atoms with Crippen molar-refractivity contribution in [2.24, 2.45) is 11.3 Å². The zero-order valence-electron chi connectivity index (χ0n) is 20.4. The summed E-state index contributed by atoms with van der Waals surface area (Å²) in [5, 5.41) is 5.68. The number of carbonyl (C=O) groups excluding carboxylic acids is 3. The predicted molar refractivity (Wildman–Crippen MR) is 131 cm³/mol. The van der Waals surface area contributed by atoms with Gasteiger partial charge in [-0.05, 0) is 61.1 Å². The Morgan fingerprint density at radius 2 is 1.39 bits per heavy atom. The lowest BCUT2D eigenvalue weighted by molar-refractivity contribution is -0.124. The van der Waals surface area contributed by atoms with Crippen LogP contribution < -0.4 is 10.6 Å². The van der Waals surface area contributed by atoms with Crippen LogP contribution in [-0.4, -0.2) is 36.6 Å². The molecule has 0 aromatic heterocycles. The molecule has 2 aromatic rings. The van der Waals surface area contributed by atoms with Crippen LogP contribution >= 0.6 is 0 Å². The molecule has 0 aliphatic rings. The van der Waals surface area contributed by atoms with Crippen LogP contribution in [0.15, 0.2) is 48.5 Å². The fraction of sp³-hybridized carbons (Fsp3) is 0.423. The number of amides is 4. The summed E-state index contributed by atoms with van der Waals surface area (Å²) in [5.41, 5.74) is 3.12. The molecule has 7 heteroatoms. The quantitative estimate of drug-likeness (QED) is 0.520. The van der Waals surface area contributed by atoms with Gasteiger partial charge < -0.3 is 15.4 Å². The molecule has 178 valence electrons.